The fourth-order valence-electron chi connectivity index (χ4n) is 1.92. The second kappa shape index (κ2) is 8.81. The molecule has 1 unspecified atom stereocenters. The summed E-state index contributed by atoms with van der Waals surface area (Å²) in [5, 5.41) is 14.3. The number of hydrogen-bond acceptors (Lipinski definition) is 3. The molecule has 0 aliphatic rings. The van der Waals surface area contributed by atoms with E-state index in [1.165, 1.54) is 0 Å². The van der Waals surface area contributed by atoms with Gasteiger partial charge >= 0.3 is 5.97 Å². The first-order chi connectivity index (χ1) is 10.4. The molecule has 6 nitrogen and oxygen atoms in total. The highest BCUT2D eigenvalue weighted by Crippen LogP contribution is 2.18. The van der Waals surface area contributed by atoms with Crippen molar-refractivity contribution in [1.29, 1.82) is 0 Å². The smallest absolute Gasteiger partial charge is 0.310 e. The molecule has 0 aliphatic heterocycles. The Morgan fingerprint density at radius 3 is 2.23 bits per heavy atom. The predicted octanol–water partition coefficient (Wildman–Crippen LogP) is 2.12. The molecule has 120 valence electrons. The minimum atomic E-state index is -0.887. The first-order valence-corrected chi connectivity index (χ1v) is 7.33. The maximum atomic E-state index is 11.7. The summed E-state index contributed by atoms with van der Waals surface area (Å²) in [4.78, 5) is 33.9. The van der Waals surface area contributed by atoms with Crippen molar-refractivity contribution in [1.82, 2.24) is 5.32 Å². The Morgan fingerprint density at radius 1 is 1.09 bits per heavy atom. The summed E-state index contributed by atoms with van der Waals surface area (Å²) >= 11 is 0. The van der Waals surface area contributed by atoms with E-state index in [9.17, 15) is 14.4 Å². The number of hydrogen-bond donors (Lipinski definition) is 3. The Hall–Kier alpha value is -2.37. The number of carboxylic acids is 1. The van der Waals surface area contributed by atoms with Crippen LogP contribution in [0.4, 0.5) is 5.69 Å². The van der Waals surface area contributed by atoms with Gasteiger partial charge in [-0.2, -0.15) is 0 Å². The number of carboxylic acid groups (broad SMARTS) is 1. The summed E-state index contributed by atoms with van der Waals surface area (Å²) in [6, 6.07) is 6.72. The predicted molar refractivity (Wildman–Crippen MR) is 83.7 cm³/mol. The maximum absolute atomic E-state index is 11.7. The fraction of sp³-hybridized carbons (Fsp3) is 0.438. The molecule has 0 aliphatic carbocycles. The topological polar surface area (TPSA) is 95.5 Å². The lowest BCUT2D eigenvalue weighted by Crippen LogP contribution is -2.22. The number of amides is 2. The molecule has 0 radical (unpaired) electrons. The van der Waals surface area contributed by atoms with Crippen LogP contribution in [-0.4, -0.2) is 29.4 Å². The van der Waals surface area contributed by atoms with E-state index >= 15 is 0 Å². The van der Waals surface area contributed by atoms with Crippen LogP contribution in [0.3, 0.4) is 0 Å². The third-order valence-electron chi connectivity index (χ3n) is 3.25. The summed E-state index contributed by atoms with van der Waals surface area (Å²) in [7, 11) is 0. The normalized spacial score (nSPS) is 11.5. The van der Waals surface area contributed by atoms with E-state index < -0.39 is 11.9 Å². The molecule has 0 aromatic heterocycles. The molecule has 1 aromatic carbocycles. The average molecular weight is 306 g/mol. The zero-order valence-electron chi connectivity index (χ0n) is 12.9. The van der Waals surface area contributed by atoms with Gasteiger partial charge in [-0.25, -0.2) is 0 Å². The molecule has 0 saturated carbocycles. The number of benzene rings is 1. The van der Waals surface area contributed by atoms with Gasteiger partial charge in [0.2, 0.25) is 11.8 Å². The van der Waals surface area contributed by atoms with Gasteiger partial charge in [0.15, 0.2) is 0 Å². The molecule has 1 rings (SSSR count). The van der Waals surface area contributed by atoms with Crippen LogP contribution < -0.4 is 10.6 Å². The van der Waals surface area contributed by atoms with Gasteiger partial charge in [-0.05, 0) is 38.0 Å². The highest BCUT2D eigenvalue weighted by Gasteiger charge is 2.13. The Morgan fingerprint density at radius 2 is 1.68 bits per heavy atom. The van der Waals surface area contributed by atoms with E-state index in [1.54, 1.807) is 31.2 Å². The standard InChI is InChI=1S/C16H22N2O4/c1-3-17-14(19)5-4-6-15(20)18-13-9-7-12(8-10-13)11(2)16(21)22/h7-11H,3-6H2,1-2H3,(H,17,19)(H,18,20)(H,21,22). The number of nitrogens with one attached hydrogen (secondary N) is 2. The summed E-state index contributed by atoms with van der Waals surface area (Å²) in [6.45, 7) is 4.04. The van der Waals surface area contributed by atoms with Crippen LogP contribution in [-0.2, 0) is 14.4 Å². The van der Waals surface area contributed by atoms with Crippen molar-refractivity contribution in [3.05, 3.63) is 29.8 Å². The van der Waals surface area contributed by atoms with Crippen LogP contribution in [0.1, 0.15) is 44.6 Å². The van der Waals surface area contributed by atoms with Gasteiger partial charge in [0.1, 0.15) is 0 Å². The third kappa shape index (κ3) is 5.95. The third-order valence-corrected chi connectivity index (χ3v) is 3.25. The molecule has 22 heavy (non-hydrogen) atoms. The van der Waals surface area contributed by atoms with Gasteiger partial charge in [-0.3, -0.25) is 14.4 Å². The lowest BCUT2D eigenvalue weighted by Gasteiger charge is -2.09. The minimum absolute atomic E-state index is 0.0534. The highest BCUT2D eigenvalue weighted by molar-refractivity contribution is 5.91. The van der Waals surface area contributed by atoms with E-state index in [-0.39, 0.29) is 18.2 Å². The minimum Gasteiger partial charge on any atom is -0.481 e. The molecular weight excluding hydrogens is 284 g/mol. The lowest BCUT2D eigenvalue weighted by molar-refractivity contribution is -0.138. The molecule has 0 heterocycles. The molecule has 0 spiro atoms. The van der Waals surface area contributed by atoms with Crippen LogP contribution in [0.25, 0.3) is 0 Å². The molecule has 0 fully saturated rings. The molecule has 0 saturated heterocycles. The van der Waals surface area contributed by atoms with E-state index in [4.69, 9.17) is 5.11 Å². The van der Waals surface area contributed by atoms with Crippen LogP contribution in [0.15, 0.2) is 24.3 Å². The number of carbonyl (C=O) groups excluding carboxylic acids is 2. The summed E-state index contributed by atoms with van der Waals surface area (Å²) in [6.07, 6.45) is 1.09. The van der Waals surface area contributed by atoms with Crippen molar-refractivity contribution in [2.75, 3.05) is 11.9 Å². The number of rotatable bonds is 8. The van der Waals surface area contributed by atoms with Crippen molar-refractivity contribution >= 4 is 23.5 Å². The maximum Gasteiger partial charge on any atom is 0.310 e. The molecule has 6 heteroatoms. The molecular formula is C16H22N2O4. The average Bonchev–Trinajstić information content (AvgIpc) is 2.47. The number of aliphatic carboxylic acids is 1. The molecule has 3 N–H and O–H groups in total. The molecule has 2 amide bonds. The Bertz CT molecular complexity index is 525. The van der Waals surface area contributed by atoms with Gasteiger partial charge in [0, 0.05) is 25.1 Å². The number of carbonyl (C=O) groups is 3. The Balaban J connectivity index is 2.42. The zero-order chi connectivity index (χ0) is 16.5. The van der Waals surface area contributed by atoms with Crippen LogP contribution in [0.2, 0.25) is 0 Å². The SMILES string of the molecule is CCNC(=O)CCCC(=O)Nc1ccc(C(C)C(=O)O)cc1. The van der Waals surface area contributed by atoms with E-state index in [0.29, 0.717) is 30.6 Å². The second-order valence-electron chi connectivity index (χ2n) is 5.04. The van der Waals surface area contributed by atoms with Crippen LogP contribution >= 0.6 is 0 Å². The van der Waals surface area contributed by atoms with E-state index in [1.807, 2.05) is 6.92 Å². The van der Waals surface area contributed by atoms with E-state index in [0.717, 1.165) is 0 Å². The quantitative estimate of drug-likeness (QED) is 0.685. The summed E-state index contributed by atoms with van der Waals surface area (Å²) < 4.78 is 0. The lowest BCUT2D eigenvalue weighted by atomic mass is 10.0. The van der Waals surface area contributed by atoms with Crippen molar-refractivity contribution in [2.45, 2.75) is 39.0 Å². The zero-order valence-corrected chi connectivity index (χ0v) is 12.9. The first-order valence-electron chi connectivity index (χ1n) is 7.33. The largest absolute Gasteiger partial charge is 0.481 e. The monoisotopic (exact) mass is 306 g/mol. The van der Waals surface area contributed by atoms with Crippen molar-refractivity contribution < 1.29 is 19.5 Å². The fourth-order valence-corrected chi connectivity index (χ4v) is 1.92. The van der Waals surface area contributed by atoms with Gasteiger partial charge in [-0.1, -0.05) is 12.1 Å². The van der Waals surface area contributed by atoms with Crippen molar-refractivity contribution in [2.24, 2.45) is 0 Å². The molecule has 1 aromatic rings. The first kappa shape index (κ1) is 17.7. The Labute approximate surface area is 129 Å². The van der Waals surface area contributed by atoms with Gasteiger partial charge in [0.05, 0.1) is 5.92 Å². The van der Waals surface area contributed by atoms with Gasteiger partial charge < -0.3 is 15.7 Å². The van der Waals surface area contributed by atoms with Crippen molar-refractivity contribution in [3.8, 4) is 0 Å². The molecule has 1 atom stereocenters. The summed E-state index contributed by atoms with van der Waals surface area (Å²) in [5.74, 6) is -1.69. The van der Waals surface area contributed by atoms with Gasteiger partial charge in [0.25, 0.3) is 0 Å². The van der Waals surface area contributed by atoms with Crippen LogP contribution in [0.5, 0.6) is 0 Å². The van der Waals surface area contributed by atoms with Gasteiger partial charge in [-0.15, -0.1) is 0 Å². The van der Waals surface area contributed by atoms with Crippen molar-refractivity contribution in [3.63, 3.8) is 0 Å². The second-order valence-corrected chi connectivity index (χ2v) is 5.04. The van der Waals surface area contributed by atoms with Crippen LogP contribution in [0, 0.1) is 0 Å². The number of anilines is 1. The highest BCUT2D eigenvalue weighted by atomic mass is 16.4. The summed E-state index contributed by atoms with van der Waals surface area (Å²) in [5.41, 5.74) is 1.30. The Kier molecular flexibility index (Phi) is 7.08. The van der Waals surface area contributed by atoms with E-state index in [2.05, 4.69) is 10.6 Å². The molecule has 0 bridgehead atoms.